The molecule has 7 heteroatoms. The van der Waals surface area contributed by atoms with Gasteiger partial charge in [0.2, 0.25) is 6.29 Å². The van der Waals surface area contributed by atoms with Crippen LogP contribution in [-0.2, 0) is 9.47 Å². The zero-order chi connectivity index (χ0) is 18.9. The third-order valence-corrected chi connectivity index (χ3v) is 4.33. The first-order chi connectivity index (χ1) is 12.5. The number of carbonyl (C=O) groups excluding carboxylic acids is 1. The van der Waals surface area contributed by atoms with Gasteiger partial charge in [0.1, 0.15) is 11.9 Å². The summed E-state index contributed by atoms with van der Waals surface area (Å²) >= 11 is 0. The first-order valence-corrected chi connectivity index (χ1v) is 8.95. The number of pyridine rings is 1. The molecular formula is C19H29N3O4. The number of methoxy groups -OCH3 is 1. The number of nitrogens with zero attached hydrogens (tertiary/aromatic N) is 2. The van der Waals surface area contributed by atoms with Crippen molar-refractivity contribution in [3.05, 3.63) is 30.1 Å². The zero-order valence-electron chi connectivity index (χ0n) is 16.0. The molecule has 3 atom stereocenters. The van der Waals surface area contributed by atoms with Gasteiger partial charge in [-0.25, -0.2) is 4.79 Å². The largest absolute Gasteiger partial charge is 0.487 e. The molecule has 1 aromatic heterocycles. The van der Waals surface area contributed by atoms with E-state index in [0.717, 1.165) is 18.4 Å². The summed E-state index contributed by atoms with van der Waals surface area (Å²) in [5, 5.41) is 3.20. The Bertz CT molecular complexity index is 608. The van der Waals surface area contributed by atoms with Crippen LogP contribution in [0.25, 0.3) is 6.08 Å². The number of carbonyl (C=O) groups is 1. The molecule has 0 aromatic carbocycles. The monoisotopic (exact) mass is 363 g/mol. The topological polar surface area (TPSA) is 72.9 Å². The standard InChI is InChI=1S/C19H29N3O4/c1-14(20-3)6-5-7-16-10-18(12-21-11-16)26-17-8-9-22(13-17)19(23)25-15(2)24-4/h5,7,10-12,14-15,17,20H,6,8-9,13H2,1-4H3/b7-5+/t14-,15?,17+/m0/s1. The summed E-state index contributed by atoms with van der Waals surface area (Å²) in [5.41, 5.74) is 0.994. The van der Waals surface area contributed by atoms with Crippen LogP contribution in [0, 0.1) is 0 Å². The van der Waals surface area contributed by atoms with Crippen LogP contribution in [-0.4, -0.2) is 61.7 Å². The third-order valence-electron chi connectivity index (χ3n) is 4.33. The van der Waals surface area contributed by atoms with Gasteiger partial charge < -0.3 is 24.4 Å². The fourth-order valence-corrected chi connectivity index (χ4v) is 2.56. The molecule has 0 spiro atoms. The molecule has 1 aliphatic rings. The molecule has 0 aliphatic carbocycles. The Balaban J connectivity index is 1.85. The first-order valence-electron chi connectivity index (χ1n) is 8.95. The Labute approximate surface area is 155 Å². The van der Waals surface area contributed by atoms with Crippen molar-refractivity contribution in [1.82, 2.24) is 15.2 Å². The van der Waals surface area contributed by atoms with Gasteiger partial charge in [-0.1, -0.05) is 12.2 Å². The molecular weight excluding hydrogens is 334 g/mol. The van der Waals surface area contributed by atoms with E-state index in [1.807, 2.05) is 19.2 Å². The first kappa shape index (κ1) is 20.2. The van der Waals surface area contributed by atoms with E-state index in [4.69, 9.17) is 14.2 Å². The number of likely N-dealkylation sites (tertiary alicyclic amines) is 1. The summed E-state index contributed by atoms with van der Waals surface area (Å²) in [7, 11) is 3.45. The van der Waals surface area contributed by atoms with Gasteiger partial charge in [-0.3, -0.25) is 4.98 Å². The van der Waals surface area contributed by atoms with Gasteiger partial charge in [0.25, 0.3) is 0 Å². The Morgan fingerprint density at radius 2 is 2.27 bits per heavy atom. The lowest BCUT2D eigenvalue weighted by atomic mass is 10.2. The molecule has 144 valence electrons. The number of nitrogens with one attached hydrogen (secondary N) is 1. The molecule has 1 saturated heterocycles. The van der Waals surface area contributed by atoms with Crippen molar-refractivity contribution in [2.75, 3.05) is 27.2 Å². The molecule has 1 amide bonds. The van der Waals surface area contributed by atoms with E-state index < -0.39 is 6.29 Å². The normalized spacial score (nSPS) is 19.5. The Kier molecular flexibility index (Phi) is 7.87. The van der Waals surface area contributed by atoms with Gasteiger partial charge in [-0.15, -0.1) is 0 Å². The highest BCUT2D eigenvalue weighted by Crippen LogP contribution is 2.20. The van der Waals surface area contributed by atoms with E-state index in [-0.39, 0.29) is 12.2 Å². The van der Waals surface area contributed by atoms with Crippen LogP contribution in [0.4, 0.5) is 4.79 Å². The maximum atomic E-state index is 12.0. The number of amides is 1. The van der Waals surface area contributed by atoms with Gasteiger partial charge in [-0.05, 0) is 38.9 Å². The predicted octanol–water partition coefficient (Wildman–Crippen LogP) is 2.67. The summed E-state index contributed by atoms with van der Waals surface area (Å²) in [4.78, 5) is 17.9. The molecule has 2 rings (SSSR count). The van der Waals surface area contributed by atoms with E-state index >= 15 is 0 Å². The number of hydrogen-bond acceptors (Lipinski definition) is 6. The van der Waals surface area contributed by atoms with E-state index in [9.17, 15) is 4.79 Å². The van der Waals surface area contributed by atoms with Gasteiger partial charge in [0, 0.05) is 32.3 Å². The second-order valence-corrected chi connectivity index (χ2v) is 6.44. The van der Waals surface area contributed by atoms with Crippen molar-refractivity contribution in [2.24, 2.45) is 0 Å². The number of aromatic nitrogens is 1. The molecule has 0 bridgehead atoms. The lowest BCUT2D eigenvalue weighted by Crippen LogP contribution is -2.33. The molecule has 1 fully saturated rings. The molecule has 1 unspecified atom stereocenters. The van der Waals surface area contributed by atoms with Crippen molar-refractivity contribution in [3.63, 3.8) is 0 Å². The van der Waals surface area contributed by atoms with Crippen molar-refractivity contribution >= 4 is 12.2 Å². The summed E-state index contributed by atoms with van der Waals surface area (Å²) < 4.78 is 16.1. The third kappa shape index (κ3) is 6.31. The molecule has 7 nitrogen and oxygen atoms in total. The summed E-state index contributed by atoms with van der Waals surface area (Å²) in [6.07, 6.45) is 8.37. The lowest BCUT2D eigenvalue weighted by Gasteiger charge is -2.19. The van der Waals surface area contributed by atoms with Gasteiger partial charge in [0.15, 0.2) is 0 Å². The zero-order valence-corrected chi connectivity index (χ0v) is 16.0. The second-order valence-electron chi connectivity index (χ2n) is 6.44. The van der Waals surface area contributed by atoms with Gasteiger partial charge in [-0.2, -0.15) is 0 Å². The van der Waals surface area contributed by atoms with E-state index in [0.29, 0.717) is 24.9 Å². The molecule has 0 saturated carbocycles. The highest BCUT2D eigenvalue weighted by Gasteiger charge is 2.29. The predicted molar refractivity (Wildman–Crippen MR) is 100.0 cm³/mol. The number of hydrogen-bond donors (Lipinski definition) is 1. The number of ether oxygens (including phenoxy) is 3. The van der Waals surface area contributed by atoms with Crippen molar-refractivity contribution < 1.29 is 19.0 Å². The fraction of sp³-hybridized carbons (Fsp3) is 0.579. The number of rotatable bonds is 8. The molecule has 1 aromatic rings. The second kappa shape index (κ2) is 10.1. The van der Waals surface area contributed by atoms with Crippen LogP contribution in [0.3, 0.4) is 0 Å². The molecule has 2 heterocycles. The maximum Gasteiger partial charge on any atom is 0.412 e. The lowest BCUT2D eigenvalue weighted by molar-refractivity contribution is -0.0768. The highest BCUT2D eigenvalue weighted by atomic mass is 16.7. The van der Waals surface area contributed by atoms with Crippen molar-refractivity contribution in [1.29, 1.82) is 0 Å². The quantitative estimate of drug-likeness (QED) is 0.716. The van der Waals surface area contributed by atoms with Crippen molar-refractivity contribution in [2.45, 2.75) is 45.1 Å². The average Bonchev–Trinajstić information content (AvgIpc) is 3.10. The average molecular weight is 363 g/mol. The Morgan fingerprint density at radius 3 is 3.00 bits per heavy atom. The minimum atomic E-state index is -0.555. The van der Waals surface area contributed by atoms with Crippen LogP contribution in [0.15, 0.2) is 24.5 Å². The van der Waals surface area contributed by atoms with Crippen LogP contribution >= 0.6 is 0 Å². The Hall–Kier alpha value is -2.12. The van der Waals surface area contributed by atoms with Gasteiger partial charge >= 0.3 is 6.09 Å². The molecule has 1 N–H and O–H groups in total. The van der Waals surface area contributed by atoms with E-state index in [2.05, 4.69) is 23.3 Å². The summed E-state index contributed by atoms with van der Waals surface area (Å²) in [5.74, 6) is 0.708. The Morgan fingerprint density at radius 1 is 1.46 bits per heavy atom. The molecule has 26 heavy (non-hydrogen) atoms. The smallest absolute Gasteiger partial charge is 0.412 e. The highest BCUT2D eigenvalue weighted by molar-refractivity contribution is 5.68. The van der Waals surface area contributed by atoms with E-state index in [1.165, 1.54) is 7.11 Å². The van der Waals surface area contributed by atoms with E-state index in [1.54, 1.807) is 24.2 Å². The molecule has 0 radical (unpaired) electrons. The van der Waals surface area contributed by atoms with Crippen LogP contribution in [0.5, 0.6) is 5.75 Å². The molecule has 1 aliphatic heterocycles. The minimum absolute atomic E-state index is 0.0641. The summed E-state index contributed by atoms with van der Waals surface area (Å²) in [6, 6.07) is 2.39. The SMILES string of the molecule is CN[C@@H](C)C/C=C/c1cncc(O[C@@H]2CCN(C(=O)OC(C)OC)C2)c1. The van der Waals surface area contributed by atoms with Crippen LogP contribution < -0.4 is 10.1 Å². The summed E-state index contributed by atoms with van der Waals surface area (Å²) in [6.45, 7) is 4.92. The fourth-order valence-electron chi connectivity index (χ4n) is 2.56. The van der Waals surface area contributed by atoms with Crippen molar-refractivity contribution in [3.8, 4) is 5.75 Å². The van der Waals surface area contributed by atoms with Crippen LogP contribution in [0.1, 0.15) is 32.3 Å². The van der Waals surface area contributed by atoms with Crippen LogP contribution in [0.2, 0.25) is 0 Å². The maximum absolute atomic E-state index is 12.0. The van der Waals surface area contributed by atoms with Gasteiger partial charge in [0.05, 0.1) is 12.7 Å². The minimum Gasteiger partial charge on any atom is -0.487 e.